The van der Waals surface area contributed by atoms with E-state index in [4.69, 9.17) is 5.73 Å². The smallest absolute Gasteiger partial charge is 0.221 e. The second-order valence-electron chi connectivity index (χ2n) is 7.83. The van der Waals surface area contributed by atoms with Gasteiger partial charge in [-0.15, -0.1) is 0 Å². The van der Waals surface area contributed by atoms with E-state index in [1.165, 1.54) is 32.1 Å². The number of hydrogen-bond acceptors (Lipinski definition) is 2. The zero-order valence-electron chi connectivity index (χ0n) is 13.9. The van der Waals surface area contributed by atoms with Crippen LogP contribution in [0.2, 0.25) is 0 Å². The molecule has 0 spiro atoms. The number of nitrogens with two attached hydrogens (primary N) is 1. The molecule has 0 heterocycles. The lowest BCUT2D eigenvalue weighted by Gasteiger charge is -2.28. The average Bonchev–Trinajstić information content (AvgIpc) is 2.34. The van der Waals surface area contributed by atoms with Gasteiger partial charge in [0.2, 0.25) is 5.91 Å². The van der Waals surface area contributed by atoms with Crippen molar-refractivity contribution < 1.29 is 4.79 Å². The fraction of sp³-hybridized carbons (Fsp3) is 0.941. The fourth-order valence-electron chi connectivity index (χ4n) is 3.27. The zero-order chi connectivity index (χ0) is 15.2. The largest absolute Gasteiger partial charge is 0.356 e. The third-order valence-corrected chi connectivity index (χ3v) is 4.45. The summed E-state index contributed by atoms with van der Waals surface area (Å²) in [5.41, 5.74) is 6.24. The summed E-state index contributed by atoms with van der Waals surface area (Å²) in [6.07, 6.45) is 7.87. The minimum atomic E-state index is -0.0224. The number of hydrogen-bond donors (Lipinski definition) is 2. The van der Waals surface area contributed by atoms with E-state index in [1.54, 1.807) is 0 Å². The van der Waals surface area contributed by atoms with E-state index in [2.05, 4.69) is 33.0 Å². The summed E-state index contributed by atoms with van der Waals surface area (Å²) in [5, 5.41) is 3.08. The second kappa shape index (κ2) is 8.02. The van der Waals surface area contributed by atoms with Crippen LogP contribution in [0.4, 0.5) is 0 Å². The quantitative estimate of drug-likeness (QED) is 0.783. The molecule has 0 aromatic rings. The molecule has 1 amide bonds. The Kier molecular flexibility index (Phi) is 7.01. The van der Waals surface area contributed by atoms with Crippen LogP contribution in [0.25, 0.3) is 0 Å². The van der Waals surface area contributed by atoms with Crippen LogP contribution in [0.5, 0.6) is 0 Å². The Morgan fingerprint density at radius 2 is 1.75 bits per heavy atom. The standard InChI is InChI=1S/C17H34N2O/c1-5-13-6-8-14(9-7-13)12-19-16(20)10-15(18)11-17(2,3)4/h13-15H,5-12,18H2,1-4H3,(H,19,20). The van der Waals surface area contributed by atoms with Gasteiger partial charge in [-0.2, -0.15) is 0 Å². The molecule has 0 radical (unpaired) electrons. The lowest BCUT2D eigenvalue weighted by atomic mass is 9.81. The van der Waals surface area contributed by atoms with Gasteiger partial charge in [0.05, 0.1) is 0 Å². The molecule has 1 unspecified atom stereocenters. The maximum atomic E-state index is 11.9. The average molecular weight is 282 g/mol. The van der Waals surface area contributed by atoms with E-state index in [0.29, 0.717) is 12.3 Å². The van der Waals surface area contributed by atoms with Crippen molar-refractivity contribution in [1.29, 1.82) is 0 Å². The highest BCUT2D eigenvalue weighted by atomic mass is 16.1. The molecule has 1 rings (SSSR count). The minimum absolute atomic E-state index is 0.0224. The Bertz CT molecular complexity index is 288. The van der Waals surface area contributed by atoms with Crippen LogP contribution in [-0.4, -0.2) is 18.5 Å². The van der Waals surface area contributed by atoms with Gasteiger partial charge in [-0.1, -0.05) is 47.0 Å². The van der Waals surface area contributed by atoms with Crippen molar-refractivity contribution in [3.8, 4) is 0 Å². The summed E-state index contributed by atoms with van der Waals surface area (Å²) in [5.74, 6) is 1.72. The van der Waals surface area contributed by atoms with E-state index in [1.807, 2.05) is 0 Å². The molecule has 20 heavy (non-hydrogen) atoms. The molecule has 1 aliphatic carbocycles. The van der Waals surface area contributed by atoms with Crippen LogP contribution < -0.4 is 11.1 Å². The molecule has 0 aromatic heterocycles. The molecule has 0 saturated heterocycles. The van der Waals surface area contributed by atoms with Crippen molar-refractivity contribution >= 4 is 5.91 Å². The topological polar surface area (TPSA) is 55.1 Å². The van der Waals surface area contributed by atoms with E-state index < -0.39 is 0 Å². The van der Waals surface area contributed by atoms with Gasteiger partial charge < -0.3 is 11.1 Å². The number of carbonyl (C=O) groups is 1. The van der Waals surface area contributed by atoms with Crippen LogP contribution in [0.1, 0.15) is 72.6 Å². The summed E-state index contributed by atoms with van der Waals surface area (Å²) >= 11 is 0. The van der Waals surface area contributed by atoms with Gasteiger partial charge in [0.1, 0.15) is 0 Å². The van der Waals surface area contributed by atoms with Crippen LogP contribution in [0.3, 0.4) is 0 Å². The first-order valence-electron chi connectivity index (χ1n) is 8.32. The summed E-state index contributed by atoms with van der Waals surface area (Å²) in [4.78, 5) is 11.9. The van der Waals surface area contributed by atoms with Gasteiger partial charge in [0.25, 0.3) is 0 Å². The first-order chi connectivity index (χ1) is 9.30. The van der Waals surface area contributed by atoms with Crippen molar-refractivity contribution in [2.75, 3.05) is 6.54 Å². The maximum Gasteiger partial charge on any atom is 0.221 e. The summed E-state index contributed by atoms with van der Waals surface area (Å²) in [7, 11) is 0. The van der Waals surface area contributed by atoms with Gasteiger partial charge in [0, 0.05) is 19.0 Å². The normalized spacial score (nSPS) is 25.2. The lowest BCUT2D eigenvalue weighted by molar-refractivity contribution is -0.121. The summed E-state index contributed by atoms with van der Waals surface area (Å²) < 4.78 is 0. The molecule has 3 nitrogen and oxygen atoms in total. The molecular formula is C17H34N2O. The monoisotopic (exact) mass is 282 g/mol. The van der Waals surface area contributed by atoms with Gasteiger partial charge in [0.15, 0.2) is 0 Å². The van der Waals surface area contributed by atoms with Crippen molar-refractivity contribution in [1.82, 2.24) is 5.32 Å². The van der Waals surface area contributed by atoms with Crippen molar-refractivity contribution in [3.05, 3.63) is 0 Å². The Morgan fingerprint density at radius 1 is 1.20 bits per heavy atom. The molecule has 0 aromatic carbocycles. The van der Waals surface area contributed by atoms with E-state index >= 15 is 0 Å². The highest BCUT2D eigenvalue weighted by Crippen LogP contribution is 2.30. The van der Waals surface area contributed by atoms with Crippen molar-refractivity contribution in [2.24, 2.45) is 23.0 Å². The minimum Gasteiger partial charge on any atom is -0.356 e. The Balaban J connectivity index is 2.17. The SMILES string of the molecule is CCC1CCC(CNC(=O)CC(N)CC(C)(C)C)CC1. The first-order valence-corrected chi connectivity index (χ1v) is 8.32. The molecular weight excluding hydrogens is 248 g/mol. The number of carbonyl (C=O) groups excluding carboxylic acids is 1. The summed E-state index contributed by atoms with van der Waals surface area (Å²) in [6, 6.07) is -0.0224. The second-order valence-corrected chi connectivity index (χ2v) is 7.83. The van der Waals surface area contributed by atoms with Crippen LogP contribution in [0, 0.1) is 17.3 Å². The molecule has 1 atom stereocenters. The Labute approximate surface area is 125 Å². The molecule has 1 aliphatic rings. The van der Waals surface area contributed by atoms with Crippen LogP contribution in [-0.2, 0) is 4.79 Å². The van der Waals surface area contributed by atoms with E-state index in [0.717, 1.165) is 18.9 Å². The highest BCUT2D eigenvalue weighted by Gasteiger charge is 2.21. The zero-order valence-corrected chi connectivity index (χ0v) is 13.9. The Morgan fingerprint density at radius 3 is 2.25 bits per heavy atom. The maximum absolute atomic E-state index is 11.9. The third-order valence-electron chi connectivity index (χ3n) is 4.45. The van der Waals surface area contributed by atoms with E-state index in [-0.39, 0.29) is 17.4 Å². The van der Waals surface area contributed by atoms with Crippen LogP contribution in [0.15, 0.2) is 0 Å². The van der Waals surface area contributed by atoms with E-state index in [9.17, 15) is 4.79 Å². The van der Waals surface area contributed by atoms with Gasteiger partial charge in [-0.3, -0.25) is 4.79 Å². The van der Waals surface area contributed by atoms with Gasteiger partial charge >= 0.3 is 0 Å². The van der Waals surface area contributed by atoms with Crippen molar-refractivity contribution in [2.45, 2.75) is 78.7 Å². The molecule has 1 fully saturated rings. The molecule has 3 N–H and O–H groups in total. The fourth-order valence-corrected chi connectivity index (χ4v) is 3.27. The Hall–Kier alpha value is -0.570. The predicted molar refractivity (Wildman–Crippen MR) is 85.4 cm³/mol. The predicted octanol–water partition coefficient (Wildman–Crippen LogP) is 3.47. The molecule has 1 saturated carbocycles. The molecule has 0 bridgehead atoms. The van der Waals surface area contributed by atoms with Gasteiger partial charge in [-0.05, 0) is 36.5 Å². The molecule has 118 valence electrons. The lowest BCUT2D eigenvalue weighted by Crippen LogP contribution is -2.36. The molecule has 0 aliphatic heterocycles. The van der Waals surface area contributed by atoms with Crippen molar-refractivity contribution in [3.63, 3.8) is 0 Å². The molecule has 3 heteroatoms. The van der Waals surface area contributed by atoms with Gasteiger partial charge in [-0.25, -0.2) is 0 Å². The first kappa shape index (κ1) is 17.5. The highest BCUT2D eigenvalue weighted by molar-refractivity contribution is 5.76. The number of amides is 1. The number of rotatable bonds is 6. The number of nitrogens with one attached hydrogen (secondary N) is 1. The summed E-state index contributed by atoms with van der Waals surface area (Å²) in [6.45, 7) is 9.62. The van der Waals surface area contributed by atoms with Crippen LogP contribution >= 0.6 is 0 Å². The third kappa shape index (κ3) is 7.28.